The van der Waals surface area contributed by atoms with Crippen molar-refractivity contribution >= 4 is 28.9 Å². The molecule has 0 fully saturated rings. The van der Waals surface area contributed by atoms with Crippen molar-refractivity contribution in [3.8, 4) is 0 Å². The number of nitrogens with zero attached hydrogens (tertiary/aromatic N) is 3. The maximum Gasteiger partial charge on any atom is 0.280 e. The Morgan fingerprint density at radius 2 is 2.42 bits per heavy atom. The number of hydrogen-bond acceptors (Lipinski definition) is 6. The highest BCUT2D eigenvalue weighted by atomic mass is 32.2. The number of aromatic nitrogens is 4. The van der Waals surface area contributed by atoms with Gasteiger partial charge in [0.05, 0.1) is 18.2 Å². The molecule has 2 aromatic rings. The minimum Gasteiger partial charge on any atom is -0.395 e. The first-order chi connectivity index (χ1) is 9.10. The molecule has 0 saturated heterocycles. The van der Waals surface area contributed by atoms with Gasteiger partial charge in [0, 0.05) is 0 Å². The average molecular weight is 283 g/mol. The Morgan fingerprint density at radius 3 is 3.11 bits per heavy atom. The SMILES string of the molecule is Nc1nc2c(ncn2[C@@H]2S[C@H](CO)C=C2F)c(=O)[nH]1. The zero-order chi connectivity index (χ0) is 13.6. The van der Waals surface area contributed by atoms with Crippen molar-refractivity contribution < 1.29 is 9.50 Å². The zero-order valence-corrected chi connectivity index (χ0v) is 10.4. The van der Waals surface area contributed by atoms with Gasteiger partial charge in [0.1, 0.15) is 11.2 Å². The van der Waals surface area contributed by atoms with E-state index in [-0.39, 0.29) is 29.0 Å². The van der Waals surface area contributed by atoms with E-state index in [1.807, 2.05) is 0 Å². The first-order valence-corrected chi connectivity index (χ1v) is 6.40. The van der Waals surface area contributed by atoms with Crippen LogP contribution in [0.4, 0.5) is 10.3 Å². The van der Waals surface area contributed by atoms with Crippen LogP contribution in [0.1, 0.15) is 5.37 Å². The van der Waals surface area contributed by atoms with Crippen LogP contribution < -0.4 is 11.3 Å². The number of aliphatic hydroxyl groups excluding tert-OH is 1. The highest BCUT2D eigenvalue weighted by molar-refractivity contribution is 8.00. The van der Waals surface area contributed by atoms with E-state index in [1.54, 1.807) is 0 Å². The number of aliphatic hydroxyl groups is 1. The van der Waals surface area contributed by atoms with E-state index in [9.17, 15) is 9.18 Å². The van der Waals surface area contributed by atoms with Crippen LogP contribution in [0.3, 0.4) is 0 Å². The predicted octanol–water partition coefficient (Wildman–Crippen LogP) is 0.161. The fraction of sp³-hybridized carbons (Fsp3) is 0.300. The summed E-state index contributed by atoms with van der Waals surface area (Å²) in [6, 6.07) is 0. The van der Waals surface area contributed by atoms with Crippen LogP contribution in [0.2, 0.25) is 0 Å². The molecule has 3 rings (SSSR count). The second kappa shape index (κ2) is 4.35. The minimum absolute atomic E-state index is 0.0506. The summed E-state index contributed by atoms with van der Waals surface area (Å²) < 4.78 is 15.3. The van der Waals surface area contributed by atoms with Crippen molar-refractivity contribution in [3.63, 3.8) is 0 Å². The van der Waals surface area contributed by atoms with E-state index < -0.39 is 16.8 Å². The summed E-state index contributed by atoms with van der Waals surface area (Å²) in [6.07, 6.45) is 2.69. The lowest BCUT2D eigenvalue weighted by atomic mass is 10.3. The van der Waals surface area contributed by atoms with Gasteiger partial charge in [-0.1, -0.05) is 0 Å². The molecule has 4 N–H and O–H groups in total. The van der Waals surface area contributed by atoms with Gasteiger partial charge in [0.25, 0.3) is 5.56 Å². The predicted molar refractivity (Wildman–Crippen MR) is 69.3 cm³/mol. The number of aromatic amines is 1. The molecule has 0 unspecified atom stereocenters. The number of fused-ring (bicyclic) bond motifs is 1. The number of nitrogens with two attached hydrogens (primary N) is 1. The molecule has 2 aromatic heterocycles. The van der Waals surface area contributed by atoms with Gasteiger partial charge in [-0.05, 0) is 6.08 Å². The number of H-pyrrole nitrogens is 1. The van der Waals surface area contributed by atoms with Crippen LogP contribution in [0.25, 0.3) is 11.2 Å². The Morgan fingerprint density at radius 1 is 1.63 bits per heavy atom. The molecule has 0 saturated carbocycles. The number of nitrogens with one attached hydrogen (secondary N) is 1. The van der Waals surface area contributed by atoms with Crippen LogP contribution in [-0.2, 0) is 0 Å². The monoisotopic (exact) mass is 283 g/mol. The molecule has 0 radical (unpaired) electrons. The second-order valence-corrected chi connectivity index (χ2v) is 5.36. The molecular weight excluding hydrogens is 273 g/mol. The van der Waals surface area contributed by atoms with Gasteiger partial charge in [0.15, 0.2) is 11.2 Å². The number of hydrogen-bond donors (Lipinski definition) is 3. The van der Waals surface area contributed by atoms with Crippen LogP contribution in [0.15, 0.2) is 23.0 Å². The number of halogens is 1. The largest absolute Gasteiger partial charge is 0.395 e. The Kier molecular flexibility index (Phi) is 2.79. The fourth-order valence-electron chi connectivity index (χ4n) is 1.94. The molecule has 1 aliphatic heterocycles. The summed E-state index contributed by atoms with van der Waals surface area (Å²) in [5.41, 5.74) is 5.34. The number of thioether (sulfide) groups is 1. The van der Waals surface area contributed by atoms with Crippen molar-refractivity contribution in [1.82, 2.24) is 19.5 Å². The molecule has 0 aliphatic carbocycles. The summed E-state index contributed by atoms with van der Waals surface area (Å²) in [5.74, 6) is -0.450. The Balaban J connectivity index is 2.12. The summed E-state index contributed by atoms with van der Waals surface area (Å²) in [4.78, 5) is 21.9. The van der Waals surface area contributed by atoms with Crippen molar-refractivity contribution in [3.05, 3.63) is 28.6 Å². The lowest BCUT2D eigenvalue weighted by molar-refractivity contribution is 0.307. The van der Waals surface area contributed by atoms with Crippen molar-refractivity contribution in [2.75, 3.05) is 12.3 Å². The summed E-state index contributed by atoms with van der Waals surface area (Å²) >= 11 is 1.22. The number of imidazole rings is 1. The molecule has 1 aliphatic rings. The number of rotatable bonds is 2. The summed E-state index contributed by atoms with van der Waals surface area (Å²) in [7, 11) is 0. The average Bonchev–Trinajstić information content (AvgIpc) is 2.92. The Labute approximate surface area is 110 Å². The van der Waals surface area contributed by atoms with Gasteiger partial charge in [-0.25, -0.2) is 9.37 Å². The van der Waals surface area contributed by atoms with Gasteiger partial charge in [-0.3, -0.25) is 14.3 Å². The van der Waals surface area contributed by atoms with Crippen molar-refractivity contribution in [1.29, 1.82) is 0 Å². The van der Waals surface area contributed by atoms with Crippen molar-refractivity contribution in [2.45, 2.75) is 10.6 Å². The van der Waals surface area contributed by atoms with Crippen LogP contribution >= 0.6 is 11.8 Å². The fourth-order valence-corrected chi connectivity index (χ4v) is 3.06. The van der Waals surface area contributed by atoms with Crippen molar-refractivity contribution in [2.24, 2.45) is 0 Å². The van der Waals surface area contributed by atoms with E-state index in [0.29, 0.717) is 0 Å². The van der Waals surface area contributed by atoms with Crippen LogP contribution in [0.5, 0.6) is 0 Å². The van der Waals surface area contributed by atoms with Gasteiger partial charge < -0.3 is 10.8 Å². The normalized spacial score (nSPS) is 22.9. The van der Waals surface area contributed by atoms with Gasteiger partial charge in [-0.2, -0.15) is 4.98 Å². The minimum atomic E-state index is -0.684. The standard InChI is InChI=1S/C10H10FN5O2S/c11-5-1-4(2-17)19-9(5)16-3-13-6-7(16)14-10(12)15-8(6)18/h1,3-4,9,17H,2H2,(H3,12,14,15,18)/t4-,9+/m0/s1. The molecule has 3 heterocycles. The molecule has 9 heteroatoms. The van der Waals surface area contributed by atoms with Gasteiger partial charge >= 0.3 is 0 Å². The molecule has 100 valence electrons. The molecule has 19 heavy (non-hydrogen) atoms. The van der Waals surface area contributed by atoms with Gasteiger partial charge in [-0.15, -0.1) is 11.8 Å². The van der Waals surface area contributed by atoms with Crippen LogP contribution in [-0.4, -0.2) is 36.5 Å². The summed E-state index contributed by atoms with van der Waals surface area (Å²) in [5, 5.41) is 8.05. The first-order valence-electron chi connectivity index (χ1n) is 5.46. The highest BCUT2D eigenvalue weighted by Gasteiger charge is 2.30. The number of anilines is 1. The van der Waals surface area contributed by atoms with E-state index in [2.05, 4.69) is 15.0 Å². The van der Waals surface area contributed by atoms with E-state index in [1.165, 1.54) is 28.7 Å². The van der Waals surface area contributed by atoms with Crippen LogP contribution in [0, 0.1) is 0 Å². The molecule has 7 nitrogen and oxygen atoms in total. The third-order valence-electron chi connectivity index (χ3n) is 2.77. The third kappa shape index (κ3) is 1.90. The summed E-state index contributed by atoms with van der Waals surface area (Å²) in [6.45, 7) is -0.155. The van der Waals surface area contributed by atoms with E-state index in [0.717, 1.165) is 0 Å². The maximum atomic E-state index is 13.9. The smallest absolute Gasteiger partial charge is 0.280 e. The molecule has 0 amide bonds. The Bertz CT molecular complexity index is 724. The topological polar surface area (TPSA) is 110 Å². The third-order valence-corrected chi connectivity index (χ3v) is 4.11. The molecule has 2 atom stereocenters. The van der Waals surface area contributed by atoms with Gasteiger partial charge in [0.2, 0.25) is 5.95 Å². The molecule has 0 spiro atoms. The van der Waals surface area contributed by atoms with E-state index >= 15 is 0 Å². The highest BCUT2D eigenvalue weighted by Crippen LogP contribution is 2.42. The Hall–Kier alpha value is -1.87. The molecule has 0 aromatic carbocycles. The van der Waals surface area contributed by atoms with E-state index in [4.69, 9.17) is 10.8 Å². The molecular formula is C10H10FN5O2S. The zero-order valence-electron chi connectivity index (χ0n) is 9.58. The lowest BCUT2D eigenvalue weighted by Gasteiger charge is -2.12. The quantitative estimate of drug-likeness (QED) is 0.724. The molecule has 0 bridgehead atoms. The number of nitrogen functional groups attached to an aromatic ring is 1. The lowest BCUT2D eigenvalue weighted by Crippen LogP contribution is -2.13. The maximum absolute atomic E-state index is 13.9. The first kappa shape index (κ1) is 12.2. The second-order valence-electron chi connectivity index (χ2n) is 4.04.